The predicted octanol–water partition coefficient (Wildman–Crippen LogP) is 1.88. The second-order valence-corrected chi connectivity index (χ2v) is 4.13. The third kappa shape index (κ3) is 5.94. The van der Waals surface area contributed by atoms with Crippen LogP contribution in [0.1, 0.15) is 24.8 Å². The predicted molar refractivity (Wildman–Crippen MR) is 64.6 cm³/mol. The zero-order chi connectivity index (χ0) is 14.3. The highest BCUT2D eigenvalue weighted by molar-refractivity contribution is 5.78. The van der Waals surface area contributed by atoms with Crippen molar-refractivity contribution in [2.75, 3.05) is 6.54 Å². The van der Waals surface area contributed by atoms with Crippen LogP contribution in [-0.4, -0.2) is 23.5 Å². The topological polar surface area (TPSA) is 66.4 Å². The van der Waals surface area contributed by atoms with Crippen LogP contribution >= 0.6 is 0 Å². The van der Waals surface area contributed by atoms with Gasteiger partial charge >= 0.3 is 5.97 Å². The van der Waals surface area contributed by atoms with Gasteiger partial charge in [-0.1, -0.05) is 6.07 Å². The standard InChI is InChI=1S/C13H15F2NO3/c14-10-5-4-9(7-11(10)15)8-12(17)16-6-2-1-3-13(18)19/h4-5,7H,1-3,6,8H2,(H,16,17)(H,18,19). The van der Waals surface area contributed by atoms with Gasteiger partial charge in [0.05, 0.1) is 6.42 Å². The average molecular weight is 271 g/mol. The molecule has 0 aliphatic carbocycles. The number of halogens is 2. The van der Waals surface area contributed by atoms with E-state index < -0.39 is 17.6 Å². The molecule has 4 nitrogen and oxygen atoms in total. The molecule has 0 aliphatic heterocycles. The molecule has 0 saturated carbocycles. The van der Waals surface area contributed by atoms with Crippen LogP contribution in [0.4, 0.5) is 8.78 Å². The summed E-state index contributed by atoms with van der Waals surface area (Å²) in [5.74, 6) is -3.10. The van der Waals surface area contributed by atoms with Gasteiger partial charge < -0.3 is 10.4 Å². The first kappa shape index (κ1) is 15.1. The first-order valence-corrected chi connectivity index (χ1v) is 5.91. The van der Waals surface area contributed by atoms with Crippen molar-refractivity contribution in [3.8, 4) is 0 Å². The van der Waals surface area contributed by atoms with E-state index in [-0.39, 0.29) is 18.7 Å². The molecule has 0 fully saturated rings. The minimum Gasteiger partial charge on any atom is -0.481 e. The Morgan fingerprint density at radius 2 is 1.89 bits per heavy atom. The number of hydrogen-bond acceptors (Lipinski definition) is 2. The zero-order valence-electron chi connectivity index (χ0n) is 10.3. The number of rotatable bonds is 7. The SMILES string of the molecule is O=C(O)CCCCNC(=O)Cc1ccc(F)c(F)c1. The Hall–Kier alpha value is -1.98. The summed E-state index contributed by atoms with van der Waals surface area (Å²) in [5, 5.41) is 11.0. The summed E-state index contributed by atoms with van der Waals surface area (Å²) >= 11 is 0. The largest absolute Gasteiger partial charge is 0.481 e. The van der Waals surface area contributed by atoms with Gasteiger partial charge in [-0.05, 0) is 30.5 Å². The molecule has 0 radical (unpaired) electrons. The molecule has 0 saturated heterocycles. The van der Waals surface area contributed by atoms with Gasteiger partial charge in [-0.15, -0.1) is 0 Å². The Morgan fingerprint density at radius 1 is 1.16 bits per heavy atom. The number of carbonyl (C=O) groups excluding carboxylic acids is 1. The molecule has 0 spiro atoms. The van der Waals surface area contributed by atoms with Crippen molar-refractivity contribution in [3.05, 3.63) is 35.4 Å². The lowest BCUT2D eigenvalue weighted by molar-refractivity contribution is -0.137. The van der Waals surface area contributed by atoms with Gasteiger partial charge in [0.25, 0.3) is 0 Å². The molecule has 1 aromatic carbocycles. The number of nitrogens with one attached hydrogen (secondary N) is 1. The van der Waals surface area contributed by atoms with E-state index >= 15 is 0 Å². The lowest BCUT2D eigenvalue weighted by atomic mass is 10.1. The highest BCUT2D eigenvalue weighted by Gasteiger charge is 2.07. The molecular weight excluding hydrogens is 256 g/mol. The van der Waals surface area contributed by atoms with Crippen molar-refractivity contribution in [1.82, 2.24) is 5.32 Å². The second kappa shape index (κ2) is 7.45. The van der Waals surface area contributed by atoms with Crippen molar-refractivity contribution in [2.45, 2.75) is 25.7 Å². The number of amides is 1. The van der Waals surface area contributed by atoms with E-state index in [1.54, 1.807) is 0 Å². The summed E-state index contributed by atoms with van der Waals surface area (Å²) in [6, 6.07) is 3.31. The highest BCUT2D eigenvalue weighted by Crippen LogP contribution is 2.09. The molecule has 1 rings (SSSR count). The Kier molecular flexibility index (Phi) is 5.92. The zero-order valence-corrected chi connectivity index (χ0v) is 10.3. The van der Waals surface area contributed by atoms with Crippen molar-refractivity contribution < 1.29 is 23.5 Å². The smallest absolute Gasteiger partial charge is 0.303 e. The van der Waals surface area contributed by atoms with Crippen LogP contribution in [-0.2, 0) is 16.0 Å². The Labute approximate surface area is 109 Å². The maximum Gasteiger partial charge on any atom is 0.303 e. The van der Waals surface area contributed by atoms with Crippen molar-refractivity contribution in [3.63, 3.8) is 0 Å². The van der Waals surface area contributed by atoms with E-state index in [0.717, 1.165) is 12.1 Å². The van der Waals surface area contributed by atoms with Gasteiger partial charge in [-0.25, -0.2) is 8.78 Å². The summed E-state index contributed by atoms with van der Waals surface area (Å²) in [7, 11) is 0. The fourth-order valence-electron chi connectivity index (χ4n) is 1.53. The summed E-state index contributed by atoms with van der Waals surface area (Å²) < 4.78 is 25.6. The van der Waals surface area contributed by atoms with Gasteiger partial charge in [0.15, 0.2) is 11.6 Å². The van der Waals surface area contributed by atoms with Crippen molar-refractivity contribution in [2.24, 2.45) is 0 Å². The lowest BCUT2D eigenvalue weighted by Gasteiger charge is -2.05. The third-order valence-electron chi connectivity index (χ3n) is 2.49. The van der Waals surface area contributed by atoms with Gasteiger partial charge in [-0.2, -0.15) is 0 Å². The molecular formula is C13H15F2NO3. The van der Waals surface area contributed by atoms with Gasteiger partial charge in [0, 0.05) is 13.0 Å². The van der Waals surface area contributed by atoms with Crippen LogP contribution in [0.15, 0.2) is 18.2 Å². The second-order valence-electron chi connectivity index (χ2n) is 4.13. The van der Waals surface area contributed by atoms with Crippen molar-refractivity contribution >= 4 is 11.9 Å². The Bertz CT molecular complexity index is 463. The van der Waals surface area contributed by atoms with Crippen LogP contribution in [0.25, 0.3) is 0 Å². The molecule has 0 heterocycles. The molecule has 0 aromatic heterocycles. The van der Waals surface area contributed by atoms with Gasteiger partial charge in [0.2, 0.25) is 5.91 Å². The quantitative estimate of drug-likeness (QED) is 0.744. The van der Waals surface area contributed by atoms with Gasteiger partial charge in [0.1, 0.15) is 0 Å². The molecule has 0 unspecified atom stereocenters. The number of unbranched alkanes of at least 4 members (excludes halogenated alkanes) is 1. The number of benzene rings is 1. The van der Waals surface area contributed by atoms with Crippen LogP contribution < -0.4 is 5.32 Å². The molecule has 1 amide bonds. The first-order valence-electron chi connectivity index (χ1n) is 5.91. The Balaban J connectivity index is 2.27. The summed E-state index contributed by atoms with van der Waals surface area (Å²) in [6.45, 7) is 0.371. The number of aliphatic carboxylic acids is 1. The van der Waals surface area contributed by atoms with Crippen molar-refractivity contribution in [1.29, 1.82) is 0 Å². The van der Waals surface area contributed by atoms with Crippen LogP contribution in [0.3, 0.4) is 0 Å². The number of hydrogen-bond donors (Lipinski definition) is 2. The van der Waals surface area contributed by atoms with E-state index in [1.165, 1.54) is 6.07 Å². The summed E-state index contributed by atoms with van der Waals surface area (Å²) in [4.78, 5) is 21.7. The average Bonchev–Trinajstić information content (AvgIpc) is 2.33. The van der Waals surface area contributed by atoms with Crippen LogP contribution in [0.5, 0.6) is 0 Å². The number of carbonyl (C=O) groups is 2. The van der Waals surface area contributed by atoms with E-state index in [1.807, 2.05) is 0 Å². The maximum atomic E-state index is 12.9. The summed E-state index contributed by atoms with van der Waals surface area (Å²) in [6.07, 6.45) is 1.09. The van der Waals surface area contributed by atoms with E-state index in [4.69, 9.17) is 5.11 Å². The Morgan fingerprint density at radius 3 is 2.53 bits per heavy atom. The van der Waals surface area contributed by atoms with E-state index in [9.17, 15) is 18.4 Å². The van der Waals surface area contributed by atoms with E-state index in [2.05, 4.69) is 5.32 Å². The molecule has 19 heavy (non-hydrogen) atoms. The third-order valence-corrected chi connectivity index (χ3v) is 2.49. The molecule has 104 valence electrons. The maximum absolute atomic E-state index is 12.9. The monoisotopic (exact) mass is 271 g/mol. The van der Waals surface area contributed by atoms with Gasteiger partial charge in [-0.3, -0.25) is 9.59 Å². The fraction of sp³-hybridized carbons (Fsp3) is 0.385. The number of carboxylic acid groups (broad SMARTS) is 1. The minimum absolute atomic E-state index is 0.0316. The fourth-order valence-corrected chi connectivity index (χ4v) is 1.53. The summed E-state index contributed by atoms with van der Waals surface area (Å²) in [5.41, 5.74) is 0.391. The normalized spacial score (nSPS) is 10.2. The molecule has 0 bridgehead atoms. The van der Waals surface area contributed by atoms with Crippen LogP contribution in [0, 0.1) is 11.6 Å². The van der Waals surface area contributed by atoms with Crippen LogP contribution in [0.2, 0.25) is 0 Å². The molecule has 1 aromatic rings. The van der Waals surface area contributed by atoms with E-state index in [0.29, 0.717) is 24.9 Å². The molecule has 6 heteroatoms. The highest BCUT2D eigenvalue weighted by atomic mass is 19.2. The first-order chi connectivity index (χ1) is 8.99. The minimum atomic E-state index is -0.980. The molecule has 0 aliphatic rings. The molecule has 2 N–H and O–H groups in total. The lowest BCUT2D eigenvalue weighted by Crippen LogP contribution is -2.26. The number of carboxylic acids is 1. The molecule has 0 atom stereocenters.